The van der Waals surface area contributed by atoms with Crippen molar-refractivity contribution in [2.75, 3.05) is 42.9 Å². The van der Waals surface area contributed by atoms with E-state index in [-0.39, 0.29) is 17.5 Å². The zero-order valence-corrected chi connectivity index (χ0v) is 13.2. The first-order valence-corrected chi connectivity index (χ1v) is 7.78. The molecule has 0 atom stereocenters. The second-order valence-corrected chi connectivity index (χ2v) is 5.69. The van der Waals surface area contributed by atoms with E-state index in [4.69, 9.17) is 0 Å². The lowest BCUT2D eigenvalue weighted by molar-refractivity contribution is -0.117. The summed E-state index contributed by atoms with van der Waals surface area (Å²) in [6.45, 7) is 3.38. The number of piperazine rings is 1. The third-order valence-corrected chi connectivity index (χ3v) is 3.95. The minimum atomic E-state index is -0.239. The van der Waals surface area contributed by atoms with E-state index in [1.54, 1.807) is 18.2 Å². The number of hydrogen-bond donors (Lipinski definition) is 2. The van der Waals surface area contributed by atoms with Crippen LogP contribution < -0.4 is 10.2 Å². The molecule has 1 saturated heterocycles. The maximum Gasteiger partial charge on any atom is 0.239 e. The summed E-state index contributed by atoms with van der Waals surface area (Å²) >= 11 is 0. The van der Waals surface area contributed by atoms with Gasteiger partial charge in [-0.1, -0.05) is 0 Å². The molecule has 24 heavy (non-hydrogen) atoms. The molecule has 126 valence electrons. The van der Waals surface area contributed by atoms with Crippen molar-refractivity contribution >= 4 is 17.4 Å². The molecule has 2 heterocycles. The molecule has 0 saturated carbocycles. The zero-order valence-electron chi connectivity index (χ0n) is 13.2. The summed E-state index contributed by atoms with van der Waals surface area (Å²) in [4.78, 5) is 20.2. The monoisotopic (exact) mass is 330 g/mol. The molecule has 1 aromatic carbocycles. The van der Waals surface area contributed by atoms with E-state index in [0.717, 1.165) is 31.9 Å². The van der Waals surface area contributed by atoms with Crippen LogP contribution in [0.3, 0.4) is 0 Å². The van der Waals surface area contributed by atoms with E-state index in [0.29, 0.717) is 12.4 Å². The van der Waals surface area contributed by atoms with Crippen LogP contribution in [0.4, 0.5) is 15.9 Å². The Labute approximate surface area is 139 Å². The van der Waals surface area contributed by atoms with Crippen LogP contribution in [0.5, 0.6) is 5.75 Å². The fraction of sp³-hybridized carbons (Fsp3) is 0.294. The van der Waals surface area contributed by atoms with Crippen molar-refractivity contribution in [1.29, 1.82) is 0 Å². The Hall–Kier alpha value is -2.67. The van der Waals surface area contributed by atoms with Crippen molar-refractivity contribution in [3.63, 3.8) is 0 Å². The molecule has 0 radical (unpaired) electrons. The van der Waals surface area contributed by atoms with E-state index in [2.05, 4.69) is 20.1 Å². The van der Waals surface area contributed by atoms with E-state index in [1.165, 1.54) is 24.4 Å². The van der Waals surface area contributed by atoms with Gasteiger partial charge in [-0.2, -0.15) is 0 Å². The number of aromatic nitrogens is 1. The zero-order chi connectivity index (χ0) is 16.9. The summed E-state index contributed by atoms with van der Waals surface area (Å²) in [5.74, 6) is 0.105. The fourth-order valence-electron chi connectivity index (χ4n) is 2.66. The largest absolute Gasteiger partial charge is 0.506 e. The smallest absolute Gasteiger partial charge is 0.239 e. The number of benzene rings is 1. The van der Waals surface area contributed by atoms with Crippen LogP contribution in [0.15, 0.2) is 42.6 Å². The Morgan fingerprint density at radius 2 is 1.83 bits per heavy atom. The average Bonchev–Trinajstić information content (AvgIpc) is 2.58. The number of nitrogens with one attached hydrogen (secondary N) is 1. The Morgan fingerprint density at radius 3 is 2.46 bits per heavy atom. The van der Waals surface area contributed by atoms with Gasteiger partial charge in [0.2, 0.25) is 5.91 Å². The number of pyridine rings is 1. The maximum atomic E-state index is 13.0. The lowest BCUT2D eigenvalue weighted by Crippen LogP contribution is -2.48. The minimum absolute atomic E-state index is 0.0601. The van der Waals surface area contributed by atoms with E-state index >= 15 is 0 Å². The molecule has 0 bridgehead atoms. The minimum Gasteiger partial charge on any atom is -0.506 e. The molecular formula is C17H19FN4O2. The first-order chi connectivity index (χ1) is 11.6. The highest BCUT2D eigenvalue weighted by Crippen LogP contribution is 2.17. The van der Waals surface area contributed by atoms with Crippen LogP contribution in [-0.4, -0.2) is 53.6 Å². The van der Waals surface area contributed by atoms with E-state index < -0.39 is 0 Å². The molecule has 1 fully saturated rings. The summed E-state index contributed by atoms with van der Waals surface area (Å²) in [5.41, 5.74) is 0.994. The van der Waals surface area contributed by atoms with Crippen LogP contribution in [0, 0.1) is 5.82 Å². The van der Waals surface area contributed by atoms with Gasteiger partial charge >= 0.3 is 0 Å². The molecular weight excluding hydrogens is 311 g/mol. The number of hydrogen-bond acceptors (Lipinski definition) is 5. The second kappa shape index (κ2) is 7.27. The Bertz CT molecular complexity index is 683. The summed E-state index contributed by atoms with van der Waals surface area (Å²) in [5, 5.41) is 11.9. The SMILES string of the molecule is O=C(CN1CCN(c2ccc(F)cc2)CC1)Nc1ccc(O)cn1. The number of anilines is 2. The average molecular weight is 330 g/mol. The quantitative estimate of drug-likeness (QED) is 0.893. The molecule has 2 N–H and O–H groups in total. The van der Waals surface area contributed by atoms with Crippen LogP contribution in [0.25, 0.3) is 0 Å². The number of nitrogens with zero attached hydrogens (tertiary/aromatic N) is 3. The summed E-state index contributed by atoms with van der Waals surface area (Å²) in [7, 11) is 0. The highest BCUT2D eigenvalue weighted by Gasteiger charge is 2.19. The van der Waals surface area contributed by atoms with Gasteiger partial charge in [-0.3, -0.25) is 9.69 Å². The fourth-order valence-corrected chi connectivity index (χ4v) is 2.66. The van der Waals surface area contributed by atoms with Crippen LogP contribution in [0.1, 0.15) is 0 Å². The number of rotatable bonds is 4. The summed E-state index contributed by atoms with van der Waals surface area (Å²) in [6, 6.07) is 9.49. The van der Waals surface area contributed by atoms with Crippen LogP contribution in [0.2, 0.25) is 0 Å². The Morgan fingerprint density at radius 1 is 1.12 bits per heavy atom. The highest BCUT2D eigenvalue weighted by atomic mass is 19.1. The van der Waals surface area contributed by atoms with Crippen molar-refractivity contribution in [1.82, 2.24) is 9.88 Å². The van der Waals surface area contributed by atoms with Crippen molar-refractivity contribution in [2.45, 2.75) is 0 Å². The molecule has 0 aliphatic carbocycles. The van der Waals surface area contributed by atoms with Gasteiger partial charge in [0.05, 0.1) is 12.7 Å². The predicted molar refractivity (Wildman–Crippen MR) is 89.6 cm³/mol. The van der Waals surface area contributed by atoms with Crippen LogP contribution in [-0.2, 0) is 4.79 Å². The number of carbonyl (C=O) groups excluding carboxylic acids is 1. The second-order valence-electron chi connectivity index (χ2n) is 5.69. The number of carbonyl (C=O) groups is 1. The molecule has 1 amide bonds. The number of amides is 1. The predicted octanol–water partition coefficient (Wildman–Crippen LogP) is 1.69. The van der Waals surface area contributed by atoms with Crippen molar-refractivity contribution in [2.24, 2.45) is 0 Å². The lowest BCUT2D eigenvalue weighted by Gasteiger charge is -2.35. The molecule has 1 aliphatic heterocycles. The molecule has 3 rings (SSSR count). The van der Waals surface area contributed by atoms with E-state index in [1.807, 2.05) is 0 Å². The molecule has 1 aliphatic rings. The van der Waals surface area contributed by atoms with Gasteiger partial charge in [0.25, 0.3) is 0 Å². The molecule has 0 spiro atoms. The molecule has 0 unspecified atom stereocenters. The maximum absolute atomic E-state index is 13.0. The molecule has 6 nitrogen and oxygen atoms in total. The third kappa shape index (κ3) is 4.20. The number of aromatic hydroxyl groups is 1. The van der Waals surface area contributed by atoms with E-state index in [9.17, 15) is 14.3 Å². The summed E-state index contributed by atoms with van der Waals surface area (Å²) < 4.78 is 13.0. The standard InChI is InChI=1S/C17H19FN4O2/c18-13-1-3-14(4-2-13)22-9-7-21(8-10-22)12-17(24)20-16-6-5-15(23)11-19-16/h1-6,11,23H,7-10,12H2,(H,19,20,24). The first-order valence-electron chi connectivity index (χ1n) is 7.78. The normalized spacial score (nSPS) is 15.3. The third-order valence-electron chi connectivity index (χ3n) is 3.95. The molecule has 1 aromatic heterocycles. The first kappa shape index (κ1) is 16.2. The summed E-state index contributed by atoms with van der Waals surface area (Å²) in [6.07, 6.45) is 1.29. The van der Waals surface area contributed by atoms with Gasteiger partial charge in [0.15, 0.2) is 0 Å². The van der Waals surface area contributed by atoms with Crippen molar-refractivity contribution in [3.05, 3.63) is 48.4 Å². The van der Waals surface area contributed by atoms with Gasteiger partial charge in [-0.05, 0) is 36.4 Å². The van der Waals surface area contributed by atoms with Gasteiger partial charge in [0.1, 0.15) is 17.4 Å². The van der Waals surface area contributed by atoms with Crippen molar-refractivity contribution in [3.8, 4) is 5.75 Å². The Balaban J connectivity index is 1.47. The Kier molecular flexibility index (Phi) is 4.90. The van der Waals surface area contributed by atoms with Gasteiger partial charge in [-0.25, -0.2) is 9.37 Å². The molecule has 7 heteroatoms. The van der Waals surface area contributed by atoms with Gasteiger partial charge in [-0.15, -0.1) is 0 Å². The van der Waals surface area contributed by atoms with Gasteiger partial charge < -0.3 is 15.3 Å². The number of halogens is 1. The topological polar surface area (TPSA) is 68.7 Å². The highest BCUT2D eigenvalue weighted by molar-refractivity contribution is 5.91. The van der Waals surface area contributed by atoms with Crippen LogP contribution >= 0.6 is 0 Å². The van der Waals surface area contributed by atoms with Crippen molar-refractivity contribution < 1.29 is 14.3 Å². The lowest BCUT2D eigenvalue weighted by atomic mass is 10.2. The van der Waals surface area contributed by atoms with Gasteiger partial charge in [0, 0.05) is 31.9 Å². The molecule has 2 aromatic rings.